The zero-order valence-electron chi connectivity index (χ0n) is 20.3. The van der Waals surface area contributed by atoms with Gasteiger partial charge in [-0.1, -0.05) is 14.0 Å². The van der Waals surface area contributed by atoms with Crippen molar-refractivity contribution in [3.8, 4) is 18.2 Å². The molecule has 206 valence electrons. The average molecular weight is 517 g/mol. The maximum Gasteiger partial charge on any atom is 0.319 e. The zero-order chi connectivity index (χ0) is 27.2. The number of methoxy groups -OCH3 is 1. The van der Waals surface area contributed by atoms with Crippen molar-refractivity contribution in [2.45, 2.75) is 46.5 Å². The van der Waals surface area contributed by atoms with Gasteiger partial charge >= 0.3 is 5.97 Å². The Balaban J connectivity index is -0.0000000891. The number of hydrogen-bond donors (Lipinski definition) is 5. The van der Waals surface area contributed by atoms with E-state index >= 15 is 0 Å². The largest absolute Gasteiger partial charge is 0.468 e. The lowest BCUT2D eigenvalue weighted by Gasteiger charge is -2.01. The molecular weight excluding hydrogens is 475 g/mol. The number of amides is 2. The van der Waals surface area contributed by atoms with E-state index in [1.807, 2.05) is 0 Å². The van der Waals surface area contributed by atoms with E-state index in [0.29, 0.717) is 51.1 Å². The van der Waals surface area contributed by atoms with E-state index in [1.54, 1.807) is 25.1 Å². The Morgan fingerprint density at radius 1 is 0.833 bits per heavy atom. The number of nitrogens with two attached hydrogens (primary N) is 3. The lowest BCUT2D eigenvalue weighted by molar-refractivity contribution is -0.139. The predicted molar refractivity (Wildman–Crippen MR) is 134 cm³/mol. The molecule has 0 heterocycles. The van der Waals surface area contributed by atoms with Crippen LogP contribution in [-0.4, -0.2) is 63.4 Å². The molecule has 0 aliphatic heterocycles. The number of carbonyl (C=O) groups is 4. The van der Waals surface area contributed by atoms with Gasteiger partial charge in [-0.2, -0.15) is 15.8 Å². The number of ether oxygens (including phenoxy) is 1. The SMILES string of the molecule is C.C=C(C)C(=O)CCCNC(=O)CC#N.COC(=O)CC#N.F.N#CCC(=O)NCCN.NCCN. The number of rotatable bonds is 11. The van der Waals surface area contributed by atoms with Gasteiger partial charge in [0.2, 0.25) is 11.8 Å². The first-order valence-electron chi connectivity index (χ1n) is 10.1. The first-order chi connectivity index (χ1) is 16.1. The van der Waals surface area contributed by atoms with Crippen LogP contribution in [0.4, 0.5) is 4.70 Å². The lowest BCUT2D eigenvalue weighted by Crippen LogP contribution is -2.28. The molecule has 0 aromatic heterocycles. The summed E-state index contributed by atoms with van der Waals surface area (Å²) in [4.78, 5) is 42.2. The normalized spacial score (nSPS) is 7.61. The Labute approximate surface area is 213 Å². The number of nitrogens with one attached hydrogen (secondary N) is 2. The minimum atomic E-state index is -0.484. The summed E-state index contributed by atoms with van der Waals surface area (Å²) in [5.41, 5.74) is 15.4. The molecule has 0 unspecified atom stereocenters. The van der Waals surface area contributed by atoms with E-state index in [0.717, 1.165) is 0 Å². The van der Waals surface area contributed by atoms with Crippen LogP contribution >= 0.6 is 0 Å². The summed E-state index contributed by atoms with van der Waals surface area (Å²) in [6.07, 6.45) is 0.607. The maximum atomic E-state index is 11.0. The van der Waals surface area contributed by atoms with E-state index in [9.17, 15) is 19.2 Å². The summed E-state index contributed by atoms with van der Waals surface area (Å²) in [5, 5.41) is 29.0. The van der Waals surface area contributed by atoms with Crippen molar-refractivity contribution in [3.63, 3.8) is 0 Å². The third kappa shape index (κ3) is 47.8. The van der Waals surface area contributed by atoms with Gasteiger partial charge in [0, 0.05) is 39.1 Å². The van der Waals surface area contributed by atoms with E-state index in [4.69, 9.17) is 33.0 Å². The van der Waals surface area contributed by atoms with Gasteiger partial charge in [0.05, 0.1) is 25.3 Å². The van der Waals surface area contributed by atoms with Crippen LogP contribution in [0.5, 0.6) is 0 Å². The van der Waals surface area contributed by atoms with Crippen LogP contribution in [0, 0.1) is 34.0 Å². The molecule has 0 fully saturated rings. The van der Waals surface area contributed by atoms with Crippen molar-refractivity contribution < 1.29 is 28.6 Å². The number of carbonyl (C=O) groups excluding carboxylic acids is 4. The van der Waals surface area contributed by atoms with Gasteiger partial charge in [-0.15, -0.1) is 0 Å². The summed E-state index contributed by atoms with van der Waals surface area (Å²) in [6.45, 7) is 7.67. The van der Waals surface area contributed by atoms with E-state index in [1.165, 1.54) is 7.11 Å². The number of Topliss-reactive ketones (excluding diaryl/α,β-unsaturated/α-hetero) is 1. The van der Waals surface area contributed by atoms with Crippen molar-refractivity contribution >= 4 is 23.6 Å². The van der Waals surface area contributed by atoms with Gasteiger partial charge in [0.25, 0.3) is 0 Å². The molecule has 36 heavy (non-hydrogen) atoms. The van der Waals surface area contributed by atoms with Gasteiger partial charge in [0.1, 0.15) is 19.3 Å². The van der Waals surface area contributed by atoms with Crippen LogP contribution in [0.3, 0.4) is 0 Å². The summed E-state index contributed by atoms with van der Waals surface area (Å²) >= 11 is 0. The van der Waals surface area contributed by atoms with Crippen LogP contribution in [0.25, 0.3) is 0 Å². The van der Waals surface area contributed by atoms with Gasteiger partial charge in [-0.25, -0.2) is 0 Å². The number of esters is 1. The Morgan fingerprint density at radius 3 is 1.53 bits per heavy atom. The fraction of sp³-hybridized carbons (Fsp3) is 0.591. The quantitative estimate of drug-likeness (QED) is 0.135. The Morgan fingerprint density at radius 2 is 1.25 bits per heavy atom. The Hall–Kier alpha value is -3.90. The second-order valence-electron chi connectivity index (χ2n) is 5.95. The lowest BCUT2D eigenvalue weighted by atomic mass is 10.1. The smallest absolute Gasteiger partial charge is 0.319 e. The fourth-order valence-electron chi connectivity index (χ4n) is 1.31. The van der Waals surface area contributed by atoms with E-state index < -0.39 is 5.97 Å². The predicted octanol–water partition coefficient (Wildman–Crippen LogP) is -0.318. The maximum absolute atomic E-state index is 11.0. The Kier molecular flexibility index (Phi) is 48.6. The molecule has 14 heteroatoms. The van der Waals surface area contributed by atoms with Gasteiger partial charge in [-0.3, -0.25) is 23.9 Å². The summed E-state index contributed by atoms with van der Waals surface area (Å²) in [5.74, 6) is -1.03. The standard InChI is InChI=1S/C10H14N2O2.C5H9N3O.C4H5NO2.C2H8N2.CH4.FH/c1-8(2)9(13)4-3-7-12-10(14)5-6-11;6-2-1-5(9)8-4-3-7;1-7-4(6)2-3-5;3-1-2-4;;/h1,3-5,7H2,2H3,(H,12,14);1,3-4,7H2,(H,8,9);2H2,1H3;1-4H2;1H4;1H. The molecule has 0 bridgehead atoms. The highest BCUT2D eigenvalue weighted by molar-refractivity contribution is 5.94. The number of nitriles is 3. The number of hydrogen-bond acceptors (Lipinski definition) is 11. The summed E-state index contributed by atoms with van der Waals surface area (Å²) < 4.78 is 4.13. The highest BCUT2D eigenvalue weighted by Crippen LogP contribution is 1.98. The highest BCUT2D eigenvalue weighted by atomic mass is 19.0. The van der Waals surface area contributed by atoms with Crippen LogP contribution < -0.4 is 27.8 Å². The molecule has 8 N–H and O–H groups in total. The van der Waals surface area contributed by atoms with E-state index in [2.05, 4.69) is 21.9 Å². The average Bonchev–Trinajstić information content (AvgIpc) is 2.81. The van der Waals surface area contributed by atoms with Crippen molar-refractivity contribution in [1.29, 1.82) is 15.8 Å². The van der Waals surface area contributed by atoms with Gasteiger partial charge < -0.3 is 32.6 Å². The molecule has 0 radical (unpaired) electrons. The van der Waals surface area contributed by atoms with Crippen LogP contribution in [0.15, 0.2) is 12.2 Å². The van der Waals surface area contributed by atoms with Crippen molar-refractivity contribution in [1.82, 2.24) is 10.6 Å². The molecule has 0 aliphatic carbocycles. The van der Waals surface area contributed by atoms with Crippen molar-refractivity contribution in [3.05, 3.63) is 12.2 Å². The minimum Gasteiger partial charge on any atom is -0.468 e. The van der Waals surface area contributed by atoms with Crippen LogP contribution in [0.1, 0.15) is 46.5 Å². The molecule has 13 nitrogen and oxygen atoms in total. The minimum absolute atomic E-state index is 0. The second-order valence-corrected chi connectivity index (χ2v) is 5.95. The van der Waals surface area contributed by atoms with Crippen molar-refractivity contribution in [2.75, 3.05) is 39.8 Å². The van der Waals surface area contributed by atoms with E-state index in [-0.39, 0.29) is 49.0 Å². The molecule has 0 saturated carbocycles. The molecule has 0 spiro atoms. The molecule has 0 aromatic rings. The highest BCUT2D eigenvalue weighted by Gasteiger charge is 2.03. The van der Waals surface area contributed by atoms with Crippen LogP contribution in [-0.2, 0) is 23.9 Å². The number of ketones is 1. The molecular formula is C22H41FN8O5. The molecule has 0 atom stereocenters. The third-order valence-corrected chi connectivity index (χ3v) is 2.94. The molecule has 0 rings (SSSR count). The molecule has 2 amide bonds. The topological polar surface area (TPSA) is 251 Å². The molecule has 0 aliphatic rings. The molecule has 0 aromatic carbocycles. The zero-order valence-corrected chi connectivity index (χ0v) is 20.3. The summed E-state index contributed by atoms with van der Waals surface area (Å²) in [7, 11) is 1.25. The molecule has 0 saturated heterocycles. The third-order valence-electron chi connectivity index (χ3n) is 2.94. The van der Waals surface area contributed by atoms with Crippen LogP contribution in [0.2, 0.25) is 0 Å². The first-order valence-corrected chi connectivity index (χ1v) is 10.1. The van der Waals surface area contributed by atoms with Gasteiger partial charge in [-0.05, 0) is 18.9 Å². The monoisotopic (exact) mass is 516 g/mol. The number of nitrogens with zero attached hydrogens (tertiary/aromatic N) is 3. The second kappa shape index (κ2) is 38.4. The first kappa shape index (κ1) is 45.6. The number of allylic oxidation sites excluding steroid dienone is 1. The summed E-state index contributed by atoms with van der Waals surface area (Å²) in [6, 6.07) is 5.11. The van der Waals surface area contributed by atoms with Gasteiger partial charge in [0.15, 0.2) is 5.78 Å². The fourth-order valence-corrected chi connectivity index (χ4v) is 1.31. The number of halogens is 1. The van der Waals surface area contributed by atoms with Crippen molar-refractivity contribution in [2.24, 2.45) is 17.2 Å². The Bertz CT molecular complexity index is 725.